The van der Waals surface area contributed by atoms with Crippen LogP contribution in [0.5, 0.6) is 0 Å². The molecule has 17 heavy (non-hydrogen) atoms. The summed E-state index contributed by atoms with van der Waals surface area (Å²) in [6.07, 6.45) is -1.35. The van der Waals surface area contributed by atoms with Gasteiger partial charge < -0.3 is 15.3 Å². The Labute approximate surface area is 97.0 Å². The van der Waals surface area contributed by atoms with Gasteiger partial charge in [0.1, 0.15) is 12.2 Å². The monoisotopic (exact) mass is 243 g/mol. The number of nitrogens with zero attached hydrogens (tertiary/aromatic N) is 1. The first-order valence-corrected chi connectivity index (χ1v) is 5.00. The lowest BCUT2D eigenvalue weighted by atomic mass is 10.1. The second-order valence-electron chi connectivity index (χ2n) is 3.57. The Balaban J connectivity index is 2.43. The Morgan fingerprint density at radius 3 is 2.24 bits per heavy atom. The van der Waals surface area contributed by atoms with Crippen molar-refractivity contribution in [1.29, 1.82) is 0 Å². The third-order valence-corrected chi connectivity index (χ3v) is 2.36. The van der Waals surface area contributed by atoms with Gasteiger partial charge in [-0.05, 0) is 0 Å². The summed E-state index contributed by atoms with van der Waals surface area (Å²) in [5.41, 5.74) is 0. The van der Waals surface area contributed by atoms with E-state index in [1.165, 1.54) is 0 Å². The van der Waals surface area contributed by atoms with Crippen molar-refractivity contribution in [2.24, 2.45) is 0 Å². The molecule has 0 radical (unpaired) electrons. The highest BCUT2D eigenvalue weighted by Gasteiger charge is 2.27. The van der Waals surface area contributed by atoms with E-state index in [9.17, 15) is 19.5 Å². The number of ketones is 1. The molecular weight excluding hydrogens is 230 g/mol. The zero-order valence-corrected chi connectivity index (χ0v) is 8.94. The second-order valence-corrected chi connectivity index (χ2v) is 3.57. The number of carbonyl (C=O) groups is 3. The molecule has 0 aromatic carbocycles. The highest BCUT2D eigenvalue weighted by molar-refractivity contribution is 6.13. The van der Waals surface area contributed by atoms with Crippen molar-refractivity contribution in [3.63, 3.8) is 0 Å². The van der Waals surface area contributed by atoms with E-state index in [4.69, 9.17) is 10.2 Å². The lowest BCUT2D eigenvalue weighted by Crippen LogP contribution is -2.39. The average molecular weight is 243 g/mol. The minimum absolute atomic E-state index is 0.154. The molecule has 1 rings (SSSR count). The summed E-state index contributed by atoms with van der Waals surface area (Å²) in [6.45, 7) is -0.894. The smallest absolute Gasteiger partial charge is 0.253 e. The van der Waals surface area contributed by atoms with Crippen LogP contribution in [0.1, 0.15) is 6.42 Å². The number of Topliss-reactive ketones (excluding diaryl/α,β-unsaturated/α-hetero) is 1. The third-order valence-electron chi connectivity index (χ3n) is 2.36. The van der Waals surface area contributed by atoms with Gasteiger partial charge in [0.05, 0.1) is 6.61 Å². The maximum Gasteiger partial charge on any atom is 0.253 e. The molecule has 0 aliphatic carbocycles. The van der Waals surface area contributed by atoms with Crippen LogP contribution in [-0.2, 0) is 14.4 Å². The van der Waals surface area contributed by atoms with Gasteiger partial charge in [0.15, 0.2) is 5.78 Å². The highest BCUT2D eigenvalue weighted by Crippen LogP contribution is 2.06. The average Bonchev–Trinajstić information content (AvgIpc) is 2.64. The fourth-order valence-corrected chi connectivity index (χ4v) is 1.34. The van der Waals surface area contributed by atoms with Crippen molar-refractivity contribution in [3.05, 3.63) is 12.2 Å². The molecule has 1 heterocycles. The Morgan fingerprint density at radius 1 is 1.24 bits per heavy atom. The van der Waals surface area contributed by atoms with Crippen molar-refractivity contribution in [3.8, 4) is 0 Å². The SMILES string of the molecule is O=C(CCN1C(=O)C=CC1=O)C(O)C(O)CO. The predicted octanol–water partition coefficient (Wildman–Crippen LogP) is -2.42. The number of aliphatic hydroxyl groups excluding tert-OH is 3. The third kappa shape index (κ3) is 3.19. The van der Waals surface area contributed by atoms with Crippen LogP contribution in [0.25, 0.3) is 0 Å². The zero-order chi connectivity index (χ0) is 13.0. The van der Waals surface area contributed by atoms with E-state index >= 15 is 0 Å². The lowest BCUT2D eigenvalue weighted by molar-refractivity contribution is -0.139. The van der Waals surface area contributed by atoms with Crippen molar-refractivity contribution in [1.82, 2.24) is 4.90 Å². The topological polar surface area (TPSA) is 115 Å². The quantitative estimate of drug-likeness (QED) is 0.447. The summed E-state index contributed by atoms with van der Waals surface area (Å²) in [5.74, 6) is -1.76. The van der Waals surface area contributed by atoms with Crippen LogP contribution in [0.3, 0.4) is 0 Å². The zero-order valence-electron chi connectivity index (χ0n) is 8.94. The molecule has 0 spiro atoms. The van der Waals surface area contributed by atoms with E-state index in [1.54, 1.807) is 0 Å². The molecule has 0 saturated heterocycles. The summed E-state index contributed by atoms with van der Waals surface area (Å²) in [4.78, 5) is 34.4. The van der Waals surface area contributed by atoms with E-state index in [0.29, 0.717) is 0 Å². The fraction of sp³-hybridized carbons (Fsp3) is 0.500. The van der Waals surface area contributed by atoms with Crippen LogP contribution in [0.15, 0.2) is 12.2 Å². The van der Waals surface area contributed by atoms with Crippen LogP contribution in [0.2, 0.25) is 0 Å². The molecule has 1 aliphatic heterocycles. The Morgan fingerprint density at radius 2 is 1.76 bits per heavy atom. The largest absolute Gasteiger partial charge is 0.394 e. The molecule has 7 nitrogen and oxygen atoms in total. The van der Waals surface area contributed by atoms with E-state index in [0.717, 1.165) is 17.1 Å². The molecule has 0 saturated carbocycles. The van der Waals surface area contributed by atoms with Gasteiger partial charge in [-0.15, -0.1) is 0 Å². The van der Waals surface area contributed by atoms with Crippen molar-refractivity contribution in [2.75, 3.05) is 13.2 Å². The lowest BCUT2D eigenvalue weighted by Gasteiger charge is -2.17. The van der Waals surface area contributed by atoms with Gasteiger partial charge in [-0.3, -0.25) is 19.3 Å². The predicted molar refractivity (Wildman–Crippen MR) is 54.6 cm³/mol. The standard InChI is InChI=1S/C10H13NO6/c12-5-7(14)10(17)6(13)3-4-11-8(15)1-2-9(11)16/h1-2,7,10,12,14,17H,3-5H2. The van der Waals surface area contributed by atoms with Crippen LogP contribution in [-0.4, -0.2) is 63.2 Å². The van der Waals surface area contributed by atoms with E-state index in [1.807, 2.05) is 0 Å². The molecule has 1 aliphatic rings. The van der Waals surface area contributed by atoms with Crippen molar-refractivity contribution in [2.45, 2.75) is 18.6 Å². The van der Waals surface area contributed by atoms with Gasteiger partial charge in [-0.2, -0.15) is 0 Å². The van der Waals surface area contributed by atoms with Gasteiger partial charge >= 0.3 is 0 Å². The number of imide groups is 1. The molecule has 0 aromatic heterocycles. The summed E-state index contributed by atoms with van der Waals surface area (Å²) in [6, 6.07) is 0. The maximum absolute atomic E-state index is 11.3. The Kier molecular flexibility index (Phi) is 4.50. The van der Waals surface area contributed by atoms with Gasteiger partial charge in [0.2, 0.25) is 0 Å². The van der Waals surface area contributed by atoms with Crippen molar-refractivity contribution >= 4 is 17.6 Å². The van der Waals surface area contributed by atoms with Gasteiger partial charge in [0, 0.05) is 25.1 Å². The molecule has 0 bridgehead atoms. The van der Waals surface area contributed by atoms with Crippen LogP contribution in [0.4, 0.5) is 0 Å². The number of rotatable bonds is 6. The summed E-state index contributed by atoms with van der Waals surface area (Å²) in [7, 11) is 0. The summed E-state index contributed by atoms with van der Waals surface area (Å²) < 4.78 is 0. The first kappa shape index (κ1) is 13.5. The molecule has 2 amide bonds. The summed E-state index contributed by atoms with van der Waals surface area (Å²) in [5, 5.41) is 26.8. The van der Waals surface area contributed by atoms with Gasteiger partial charge in [-0.25, -0.2) is 0 Å². The Hall–Kier alpha value is -1.57. The van der Waals surface area contributed by atoms with E-state index in [2.05, 4.69) is 0 Å². The molecule has 7 heteroatoms. The minimum atomic E-state index is -1.71. The minimum Gasteiger partial charge on any atom is -0.394 e. The molecule has 94 valence electrons. The fourth-order valence-electron chi connectivity index (χ4n) is 1.34. The number of hydrogen-bond donors (Lipinski definition) is 3. The van der Waals surface area contributed by atoms with Crippen molar-refractivity contribution < 1.29 is 29.7 Å². The van der Waals surface area contributed by atoms with E-state index in [-0.39, 0.29) is 13.0 Å². The molecule has 2 unspecified atom stereocenters. The van der Waals surface area contributed by atoms with Gasteiger partial charge in [-0.1, -0.05) is 0 Å². The first-order chi connectivity index (χ1) is 7.97. The Bertz CT molecular complexity index is 346. The summed E-state index contributed by atoms with van der Waals surface area (Å²) >= 11 is 0. The van der Waals surface area contributed by atoms with Crippen LogP contribution >= 0.6 is 0 Å². The number of carbonyl (C=O) groups excluding carboxylic acids is 3. The number of amides is 2. The molecule has 3 N–H and O–H groups in total. The van der Waals surface area contributed by atoms with Gasteiger partial charge in [0.25, 0.3) is 11.8 Å². The van der Waals surface area contributed by atoms with E-state index < -0.39 is 36.4 Å². The second kappa shape index (κ2) is 5.67. The molecule has 0 fully saturated rings. The highest BCUT2D eigenvalue weighted by atomic mass is 16.4. The molecule has 0 aromatic rings. The van der Waals surface area contributed by atoms with Crippen LogP contribution < -0.4 is 0 Å². The normalized spacial score (nSPS) is 18.6. The molecular formula is C10H13NO6. The molecule has 2 atom stereocenters. The number of aliphatic hydroxyl groups is 3. The maximum atomic E-state index is 11.3. The first-order valence-electron chi connectivity index (χ1n) is 5.00. The van der Waals surface area contributed by atoms with Crippen LogP contribution in [0, 0.1) is 0 Å². The number of hydrogen-bond acceptors (Lipinski definition) is 6.